The molecule has 0 radical (unpaired) electrons. The van der Waals surface area contributed by atoms with Crippen molar-refractivity contribution in [1.29, 1.82) is 0 Å². The third-order valence-electron chi connectivity index (χ3n) is 5.66. The number of carbonyl (C=O) groups excluding carboxylic acids is 2. The van der Waals surface area contributed by atoms with Crippen molar-refractivity contribution in [3.05, 3.63) is 90.6 Å². The van der Waals surface area contributed by atoms with Crippen LogP contribution in [0.3, 0.4) is 0 Å². The van der Waals surface area contributed by atoms with Gasteiger partial charge in [0.15, 0.2) is 0 Å². The zero-order valence-corrected chi connectivity index (χ0v) is 18.7. The zero-order chi connectivity index (χ0) is 23.5. The van der Waals surface area contributed by atoms with Gasteiger partial charge in [-0.1, -0.05) is 36.4 Å². The molecular formula is C27H24N4O3. The standard InChI is InChI=1S/C27H24N4O3/c1-34-23-12-5-7-19(15-23)25-24(17-31(30-25)22-10-3-2-4-11-22)27(33)29-21-9-6-8-20(16-21)28-26(32)18-13-14-18/h2-12,15-18H,13-14H2,1H3,(H,28,32)(H,29,33). The lowest BCUT2D eigenvalue weighted by Gasteiger charge is -2.09. The first kappa shape index (κ1) is 21.5. The van der Waals surface area contributed by atoms with E-state index in [-0.39, 0.29) is 17.7 Å². The second kappa shape index (κ2) is 9.23. The molecule has 3 aromatic carbocycles. The van der Waals surface area contributed by atoms with Gasteiger partial charge in [-0.05, 0) is 55.3 Å². The van der Waals surface area contributed by atoms with Gasteiger partial charge in [0.05, 0.1) is 18.4 Å². The highest BCUT2D eigenvalue weighted by Gasteiger charge is 2.29. The Morgan fingerprint density at radius 2 is 1.65 bits per heavy atom. The van der Waals surface area contributed by atoms with Crippen LogP contribution in [0.1, 0.15) is 23.2 Å². The molecule has 0 spiro atoms. The Morgan fingerprint density at radius 1 is 0.912 bits per heavy atom. The third-order valence-corrected chi connectivity index (χ3v) is 5.66. The Labute approximate surface area is 197 Å². The van der Waals surface area contributed by atoms with Crippen molar-refractivity contribution in [2.75, 3.05) is 17.7 Å². The van der Waals surface area contributed by atoms with Crippen LogP contribution in [0.25, 0.3) is 16.9 Å². The summed E-state index contributed by atoms with van der Waals surface area (Å²) in [7, 11) is 1.60. The second-order valence-electron chi connectivity index (χ2n) is 8.20. The van der Waals surface area contributed by atoms with Crippen LogP contribution in [0.15, 0.2) is 85.1 Å². The average Bonchev–Trinajstić information content (AvgIpc) is 3.63. The van der Waals surface area contributed by atoms with E-state index in [2.05, 4.69) is 10.6 Å². The fraction of sp³-hybridized carbons (Fsp3) is 0.148. The third kappa shape index (κ3) is 4.68. The molecule has 1 fully saturated rings. The lowest BCUT2D eigenvalue weighted by atomic mass is 10.1. The van der Waals surface area contributed by atoms with Gasteiger partial charge in [-0.15, -0.1) is 0 Å². The molecule has 0 unspecified atom stereocenters. The maximum absolute atomic E-state index is 13.4. The molecule has 4 aromatic rings. The molecule has 1 aromatic heterocycles. The van der Waals surface area contributed by atoms with Gasteiger partial charge in [-0.25, -0.2) is 4.68 Å². The maximum atomic E-state index is 13.4. The van der Waals surface area contributed by atoms with Crippen molar-refractivity contribution in [3.8, 4) is 22.7 Å². The fourth-order valence-corrected chi connectivity index (χ4v) is 3.70. The molecular weight excluding hydrogens is 428 g/mol. The first-order chi connectivity index (χ1) is 16.6. The number of benzene rings is 3. The molecule has 1 aliphatic carbocycles. The van der Waals surface area contributed by atoms with Crippen molar-refractivity contribution in [2.24, 2.45) is 5.92 Å². The number of nitrogens with one attached hydrogen (secondary N) is 2. The SMILES string of the molecule is COc1cccc(-c2nn(-c3ccccc3)cc2C(=O)Nc2cccc(NC(=O)C3CC3)c2)c1. The first-order valence-corrected chi connectivity index (χ1v) is 11.1. The highest BCUT2D eigenvalue weighted by Crippen LogP contribution is 2.31. The van der Waals surface area contributed by atoms with Crippen LogP contribution < -0.4 is 15.4 Å². The van der Waals surface area contributed by atoms with Crippen LogP contribution in [0, 0.1) is 5.92 Å². The maximum Gasteiger partial charge on any atom is 0.259 e. The molecule has 0 saturated heterocycles. The van der Waals surface area contributed by atoms with E-state index in [1.54, 1.807) is 36.2 Å². The van der Waals surface area contributed by atoms with Crippen LogP contribution in [-0.4, -0.2) is 28.7 Å². The molecule has 7 heteroatoms. The highest BCUT2D eigenvalue weighted by molar-refractivity contribution is 6.08. The van der Waals surface area contributed by atoms with Crippen LogP contribution in [0.5, 0.6) is 5.75 Å². The summed E-state index contributed by atoms with van der Waals surface area (Å²) in [5.41, 5.74) is 3.81. The van der Waals surface area contributed by atoms with E-state index in [0.29, 0.717) is 28.4 Å². The van der Waals surface area contributed by atoms with Gasteiger partial charge in [-0.3, -0.25) is 9.59 Å². The Bertz CT molecular complexity index is 1340. The van der Waals surface area contributed by atoms with Crippen molar-refractivity contribution in [2.45, 2.75) is 12.8 Å². The summed E-state index contributed by atoms with van der Waals surface area (Å²) in [5.74, 6) is 0.503. The number of para-hydroxylation sites is 1. The highest BCUT2D eigenvalue weighted by atomic mass is 16.5. The van der Waals surface area contributed by atoms with E-state index in [1.807, 2.05) is 60.7 Å². The van der Waals surface area contributed by atoms with Crippen LogP contribution in [0.4, 0.5) is 11.4 Å². The molecule has 5 rings (SSSR count). The van der Waals surface area contributed by atoms with Gasteiger partial charge in [0.25, 0.3) is 5.91 Å². The Kier molecular flexibility index (Phi) is 5.82. The lowest BCUT2D eigenvalue weighted by molar-refractivity contribution is -0.117. The number of anilines is 2. The molecule has 34 heavy (non-hydrogen) atoms. The number of carbonyl (C=O) groups is 2. The molecule has 0 atom stereocenters. The van der Waals surface area contributed by atoms with Crippen LogP contribution >= 0.6 is 0 Å². The van der Waals surface area contributed by atoms with Gasteiger partial charge in [0.1, 0.15) is 11.4 Å². The van der Waals surface area contributed by atoms with Gasteiger partial charge in [0, 0.05) is 29.1 Å². The topological polar surface area (TPSA) is 85.2 Å². The quantitative estimate of drug-likeness (QED) is 0.406. The lowest BCUT2D eigenvalue weighted by Crippen LogP contribution is -2.15. The number of nitrogens with zero attached hydrogens (tertiary/aromatic N) is 2. The summed E-state index contributed by atoms with van der Waals surface area (Å²) in [6.07, 6.45) is 3.58. The molecule has 7 nitrogen and oxygen atoms in total. The zero-order valence-electron chi connectivity index (χ0n) is 18.7. The number of methoxy groups -OCH3 is 1. The molecule has 0 bridgehead atoms. The number of aromatic nitrogens is 2. The molecule has 1 aliphatic rings. The normalized spacial score (nSPS) is 12.7. The summed E-state index contributed by atoms with van der Waals surface area (Å²) in [5, 5.41) is 10.6. The number of rotatable bonds is 7. The Hall–Kier alpha value is -4.39. The summed E-state index contributed by atoms with van der Waals surface area (Å²) in [4.78, 5) is 25.5. The smallest absolute Gasteiger partial charge is 0.259 e. The van der Waals surface area contributed by atoms with Gasteiger partial charge in [-0.2, -0.15) is 5.10 Å². The van der Waals surface area contributed by atoms with Crippen molar-refractivity contribution in [3.63, 3.8) is 0 Å². The molecule has 2 amide bonds. The predicted octanol–water partition coefficient (Wildman–Crippen LogP) is 5.15. The second-order valence-corrected chi connectivity index (χ2v) is 8.20. The minimum absolute atomic E-state index is 0.0212. The summed E-state index contributed by atoms with van der Waals surface area (Å²) >= 11 is 0. The summed E-state index contributed by atoms with van der Waals surface area (Å²) in [6.45, 7) is 0. The number of hydrogen-bond acceptors (Lipinski definition) is 4. The fourth-order valence-electron chi connectivity index (χ4n) is 3.70. The van der Waals surface area contributed by atoms with E-state index in [4.69, 9.17) is 9.84 Å². The van der Waals surface area contributed by atoms with E-state index in [9.17, 15) is 9.59 Å². The minimum Gasteiger partial charge on any atom is -0.497 e. The first-order valence-electron chi connectivity index (χ1n) is 11.1. The average molecular weight is 453 g/mol. The Balaban J connectivity index is 1.46. The summed E-state index contributed by atoms with van der Waals surface area (Å²) in [6, 6.07) is 24.2. The number of hydrogen-bond donors (Lipinski definition) is 2. The minimum atomic E-state index is -0.300. The molecule has 170 valence electrons. The van der Waals surface area contributed by atoms with Crippen LogP contribution in [0.2, 0.25) is 0 Å². The van der Waals surface area contributed by atoms with E-state index >= 15 is 0 Å². The van der Waals surface area contributed by atoms with E-state index in [1.165, 1.54) is 0 Å². The van der Waals surface area contributed by atoms with Gasteiger partial charge >= 0.3 is 0 Å². The van der Waals surface area contributed by atoms with Crippen molar-refractivity contribution < 1.29 is 14.3 Å². The van der Waals surface area contributed by atoms with E-state index < -0.39 is 0 Å². The summed E-state index contributed by atoms with van der Waals surface area (Å²) < 4.78 is 7.05. The number of ether oxygens (including phenoxy) is 1. The van der Waals surface area contributed by atoms with Gasteiger partial charge in [0.2, 0.25) is 5.91 Å². The largest absolute Gasteiger partial charge is 0.497 e. The van der Waals surface area contributed by atoms with Crippen molar-refractivity contribution >= 4 is 23.2 Å². The predicted molar refractivity (Wildman–Crippen MR) is 131 cm³/mol. The Morgan fingerprint density at radius 3 is 2.38 bits per heavy atom. The van der Waals surface area contributed by atoms with Gasteiger partial charge < -0.3 is 15.4 Å². The molecule has 1 saturated carbocycles. The number of amides is 2. The van der Waals surface area contributed by atoms with E-state index in [0.717, 1.165) is 24.1 Å². The monoisotopic (exact) mass is 452 g/mol. The van der Waals surface area contributed by atoms with Crippen LogP contribution in [-0.2, 0) is 4.79 Å². The molecule has 2 N–H and O–H groups in total. The molecule has 0 aliphatic heterocycles. The molecule has 1 heterocycles. The van der Waals surface area contributed by atoms with Crippen molar-refractivity contribution in [1.82, 2.24) is 9.78 Å².